The predicted molar refractivity (Wildman–Crippen MR) is 142 cm³/mol. The largest absolute Gasteiger partial charge is 0.425 e. The number of aryl methyl sites for hydroxylation is 3. The van der Waals surface area contributed by atoms with Crippen molar-refractivity contribution < 1.29 is 22.4 Å². The van der Waals surface area contributed by atoms with Gasteiger partial charge in [0.15, 0.2) is 0 Å². The van der Waals surface area contributed by atoms with Gasteiger partial charge in [-0.3, -0.25) is 0 Å². The third-order valence-corrected chi connectivity index (χ3v) is 7.73. The average Bonchev–Trinajstić information content (AvgIpc) is 2.85. The van der Waals surface area contributed by atoms with Crippen LogP contribution in [-0.2, 0) is 21.2 Å². The van der Waals surface area contributed by atoms with Crippen LogP contribution in [-0.4, -0.2) is 20.4 Å². The summed E-state index contributed by atoms with van der Waals surface area (Å²) in [6, 6.07) is 18.2. The Morgan fingerprint density at radius 2 is 1.65 bits per heavy atom. The van der Waals surface area contributed by atoms with E-state index in [1.807, 2.05) is 37.3 Å². The number of hydrogen-bond donors (Lipinski definition) is 1. The molecule has 0 saturated heterocycles. The fourth-order valence-corrected chi connectivity index (χ4v) is 5.44. The molecule has 37 heavy (non-hydrogen) atoms. The molecule has 1 N–H and O–H groups in total. The minimum Gasteiger partial charge on any atom is -0.425 e. The molecular formula is C29H29NO6S. The Bertz CT molecular complexity index is 1610. The Morgan fingerprint density at radius 3 is 2.30 bits per heavy atom. The molecule has 1 aromatic heterocycles. The second kappa shape index (κ2) is 10.7. The van der Waals surface area contributed by atoms with Gasteiger partial charge in [-0.1, -0.05) is 55.0 Å². The summed E-state index contributed by atoms with van der Waals surface area (Å²) in [5, 5.41) is 0.501. The van der Waals surface area contributed by atoms with Crippen LogP contribution < -0.4 is 15.1 Å². The standard InChI is InChI=1S/C29H29NO6S/c1-5-24(30-37(33,34)22-13-11-18(2)12-14-22)29(32)36-26-16-19(3)15-25-27(26)20(4)23(28(31)35-25)17-21-9-7-6-8-10-21/h6-16,24,30H,5,17H2,1-4H3/t24-/m1/s1. The lowest BCUT2D eigenvalue weighted by atomic mass is 9.98. The molecule has 4 rings (SSSR count). The Balaban J connectivity index is 1.68. The van der Waals surface area contributed by atoms with Crippen LogP contribution in [0.15, 0.2) is 80.8 Å². The first kappa shape index (κ1) is 26.3. The van der Waals surface area contributed by atoms with E-state index in [-0.39, 0.29) is 17.1 Å². The van der Waals surface area contributed by atoms with Gasteiger partial charge in [0, 0.05) is 12.0 Å². The van der Waals surface area contributed by atoms with Gasteiger partial charge in [-0.15, -0.1) is 0 Å². The second-order valence-corrected chi connectivity index (χ2v) is 10.8. The number of rotatable bonds is 8. The molecule has 1 heterocycles. The molecule has 4 aromatic rings. The number of esters is 1. The minimum atomic E-state index is -3.94. The molecule has 0 saturated carbocycles. The molecule has 0 bridgehead atoms. The lowest BCUT2D eigenvalue weighted by Crippen LogP contribution is -2.42. The highest BCUT2D eigenvalue weighted by Crippen LogP contribution is 2.32. The number of carbonyl (C=O) groups is 1. The number of hydrogen-bond acceptors (Lipinski definition) is 6. The van der Waals surface area contributed by atoms with Crippen molar-refractivity contribution in [3.8, 4) is 5.75 Å². The summed E-state index contributed by atoms with van der Waals surface area (Å²) in [6.07, 6.45) is 0.543. The summed E-state index contributed by atoms with van der Waals surface area (Å²) in [5.41, 5.74) is 3.55. The predicted octanol–water partition coefficient (Wildman–Crippen LogP) is 4.97. The van der Waals surface area contributed by atoms with Crippen molar-refractivity contribution >= 4 is 27.0 Å². The average molecular weight is 520 g/mol. The molecular weight excluding hydrogens is 490 g/mol. The summed E-state index contributed by atoms with van der Waals surface area (Å²) in [5.74, 6) is -0.538. The molecule has 192 valence electrons. The minimum absolute atomic E-state index is 0.0635. The third kappa shape index (κ3) is 5.81. The Morgan fingerprint density at radius 1 is 0.973 bits per heavy atom. The molecule has 7 nitrogen and oxygen atoms in total. The van der Waals surface area contributed by atoms with Gasteiger partial charge in [0.2, 0.25) is 10.0 Å². The van der Waals surface area contributed by atoms with Crippen LogP contribution in [0.4, 0.5) is 0 Å². The lowest BCUT2D eigenvalue weighted by Gasteiger charge is -2.18. The molecule has 0 aliphatic carbocycles. The Kier molecular flexibility index (Phi) is 7.61. The molecule has 0 spiro atoms. The van der Waals surface area contributed by atoms with Crippen molar-refractivity contribution in [3.63, 3.8) is 0 Å². The van der Waals surface area contributed by atoms with Crippen molar-refractivity contribution in [3.05, 3.63) is 105 Å². The smallest absolute Gasteiger partial charge is 0.340 e. The number of sulfonamides is 1. The summed E-state index contributed by atoms with van der Waals surface area (Å²) in [7, 11) is -3.94. The first-order chi connectivity index (χ1) is 17.6. The van der Waals surface area contributed by atoms with E-state index >= 15 is 0 Å². The summed E-state index contributed by atoms with van der Waals surface area (Å²) >= 11 is 0. The zero-order valence-electron chi connectivity index (χ0n) is 21.2. The van der Waals surface area contributed by atoms with E-state index in [9.17, 15) is 18.0 Å². The van der Waals surface area contributed by atoms with E-state index in [0.717, 1.165) is 16.7 Å². The van der Waals surface area contributed by atoms with Crippen LogP contribution in [0.1, 0.15) is 41.2 Å². The fraction of sp³-hybridized carbons (Fsp3) is 0.241. The first-order valence-electron chi connectivity index (χ1n) is 12.0. The normalized spacial score (nSPS) is 12.4. The quantitative estimate of drug-likeness (QED) is 0.200. The van der Waals surface area contributed by atoms with Crippen LogP contribution in [0, 0.1) is 20.8 Å². The summed E-state index contributed by atoms with van der Waals surface area (Å²) in [4.78, 5) is 26.1. The molecule has 0 radical (unpaired) electrons. The van der Waals surface area contributed by atoms with Crippen LogP contribution in [0.5, 0.6) is 5.75 Å². The monoisotopic (exact) mass is 519 g/mol. The maximum absolute atomic E-state index is 13.2. The van der Waals surface area contributed by atoms with Crippen molar-refractivity contribution in [2.24, 2.45) is 0 Å². The lowest BCUT2D eigenvalue weighted by molar-refractivity contribution is -0.136. The van der Waals surface area contributed by atoms with Gasteiger partial charge >= 0.3 is 11.6 Å². The van der Waals surface area contributed by atoms with Gasteiger partial charge in [0.25, 0.3) is 0 Å². The number of nitrogens with one attached hydrogen (secondary N) is 1. The van der Waals surface area contributed by atoms with Gasteiger partial charge in [-0.25, -0.2) is 18.0 Å². The summed E-state index contributed by atoms with van der Waals surface area (Å²) < 4.78 is 39.6. The number of carbonyl (C=O) groups excluding carboxylic acids is 1. The van der Waals surface area contributed by atoms with Gasteiger partial charge in [-0.2, -0.15) is 4.72 Å². The maximum Gasteiger partial charge on any atom is 0.340 e. The van der Waals surface area contributed by atoms with Crippen LogP contribution in [0.25, 0.3) is 11.0 Å². The zero-order chi connectivity index (χ0) is 26.7. The van der Waals surface area contributed by atoms with Crippen LogP contribution in [0.3, 0.4) is 0 Å². The highest BCUT2D eigenvalue weighted by Gasteiger charge is 2.27. The van der Waals surface area contributed by atoms with Crippen LogP contribution in [0.2, 0.25) is 0 Å². The first-order valence-corrected chi connectivity index (χ1v) is 13.5. The number of benzene rings is 3. The molecule has 0 fully saturated rings. The van der Waals surface area contributed by atoms with E-state index in [4.69, 9.17) is 9.15 Å². The third-order valence-electron chi connectivity index (χ3n) is 6.24. The second-order valence-electron chi connectivity index (χ2n) is 9.11. The van der Waals surface area contributed by atoms with Gasteiger partial charge in [-0.05, 0) is 68.1 Å². The highest BCUT2D eigenvalue weighted by molar-refractivity contribution is 7.89. The van der Waals surface area contributed by atoms with Crippen molar-refractivity contribution in [1.29, 1.82) is 0 Å². The number of ether oxygens (including phenoxy) is 1. The molecule has 8 heteroatoms. The van der Waals surface area contributed by atoms with E-state index in [1.54, 1.807) is 45.0 Å². The number of fused-ring (bicyclic) bond motifs is 1. The zero-order valence-corrected chi connectivity index (χ0v) is 22.0. The van der Waals surface area contributed by atoms with E-state index < -0.39 is 27.7 Å². The molecule has 0 aliphatic heterocycles. The molecule has 0 amide bonds. The maximum atomic E-state index is 13.2. The van der Waals surface area contributed by atoms with Gasteiger partial charge < -0.3 is 9.15 Å². The molecule has 0 unspecified atom stereocenters. The van der Waals surface area contributed by atoms with Crippen molar-refractivity contribution in [2.45, 2.75) is 51.5 Å². The topological polar surface area (TPSA) is 103 Å². The van der Waals surface area contributed by atoms with Crippen LogP contribution >= 0.6 is 0 Å². The molecule has 1 atom stereocenters. The molecule has 0 aliphatic rings. The Hall–Kier alpha value is -3.75. The summed E-state index contributed by atoms with van der Waals surface area (Å²) in [6.45, 7) is 7.14. The van der Waals surface area contributed by atoms with E-state index in [2.05, 4.69) is 4.72 Å². The van der Waals surface area contributed by atoms with E-state index in [0.29, 0.717) is 28.5 Å². The van der Waals surface area contributed by atoms with Gasteiger partial charge in [0.1, 0.15) is 17.4 Å². The SMILES string of the molecule is CC[C@@H](NS(=O)(=O)c1ccc(C)cc1)C(=O)Oc1cc(C)cc2oc(=O)c(Cc3ccccc3)c(C)c12. The molecule has 3 aromatic carbocycles. The van der Waals surface area contributed by atoms with Gasteiger partial charge in [0.05, 0.1) is 10.3 Å². The highest BCUT2D eigenvalue weighted by atomic mass is 32.2. The fourth-order valence-electron chi connectivity index (χ4n) is 4.17. The Labute approximate surface area is 216 Å². The van der Waals surface area contributed by atoms with Crippen molar-refractivity contribution in [1.82, 2.24) is 4.72 Å². The van der Waals surface area contributed by atoms with E-state index in [1.165, 1.54) is 12.1 Å². The van der Waals surface area contributed by atoms with Crippen molar-refractivity contribution in [2.75, 3.05) is 0 Å².